The molecule has 180 valence electrons. The highest BCUT2D eigenvalue weighted by Gasteiger charge is 2.27. The summed E-state index contributed by atoms with van der Waals surface area (Å²) >= 11 is 5.97. The van der Waals surface area contributed by atoms with Crippen LogP contribution < -0.4 is 10.1 Å². The van der Waals surface area contributed by atoms with Gasteiger partial charge in [0.25, 0.3) is 18.5 Å². The Morgan fingerprint density at radius 3 is 2.41 bits per heavy atom. The van der Waals surface area contributed by atoms with Crippen LogP contribution >= 0.6 is 11.6 Å². The number of carbonyl (C=O) groups is 1. The number of rotatable bonds is 8. The molecule has 1 unspecified atom stereocenters. The van der Waals surface area contributed by atoms with Crippen molar-refractivity contribution in [2.75, 3.05) is 5.32 Å². The van der Waals surface area contributed by atoms with E-state index in [1.54, 1.807) is 25.1 Å². The molecule has 0 spiro atoms. The number of aromatic nitrogens is 2. The predicted molar refractivity (Wildman–Crippen MR) is 115 cm³/mol. The van der Waals surface area contributed by atoms with Crippen molar-refractivity contribution in [3.05, 3.63) is 74.6 Å². The van der Waals surface area contributed by atoms with Crippen LogP contribution in [0.3, 0.4) is 0 Å². The molecule has 0 aliphatic rings. The summed E-state index contributed by atoms with van der Waals surface area (Å²) in [6.45, 7) is 2.91. The van der Waals surface area contributed by atoms with Crippen LogP contribution in [-0.4, -0.2) is 20.6 Å². The number of ether oxygens (including phenoxy) is 1. The first-order valence-electron chi connectivity index (χ1n) is 9.66. The van der Waals surface area contributed by atoms with Crippen LogP contribution in [0.5, 0.6) is 11.5 Å². The van der Waals surface area contributed by atoms with Gasteiger partial charge in [0.2, 0.25) is 5.91 Å². The van der Waals surface area contributed by atoms with Crippen molar-refractivity contribution in [2.45, 2.75) is 32.7 Å². The van der Waals surface area contributed by atoms with E-state index < -0.39 is 46.8 Å². The molecule has 0 bridgehead atoms. The lowest BCUT2D eigenvalue weighted by molar-refractivity contribution is -0.384. The molecule has 1 N–H and O–H groups in total. The first-order valence-corrected chi connectivity index (χ1v) is 10.0. The summed E-state index contributed by atoms with van der Waals surface area (Å²) in [6.07, 6.45) is -6.27. The Kier molecular flexibility index (Phi) is 7.40. The highest BCUT2D eigenvalue weighted by atomic mass is 35.5. The fourth-order valence-electron chi connectivity index (χ4n) is 3.00. The van der Waals surface area contributed by atoms with E-state index in [-0.39, 0.29) is 11.4 Å². The molecular formula is C21H17ClF4N4O4. The van der Waals surface area contributed by atoms with Gasteiger partial charge in [-0.25, -0.2) is 17.6 Å². The molecule has 0 fully saturated rings. The van der Waals surface area contributed by atoms with Crippen molar-refractivity contribution in [3.63, 3.8) is 0 Å². The third kappa shape index (κ3) is 5.63. The number of non-ortho nitro benzene ring substituents is 1. The number of benzene rings is 2. The molecule has 2 aromatic carbocycles. The number of halogens is 5. The highest BCUT2D eigenvalue weighted by Crippen LogP contribution is 2.32. The average Bonchev–Trinajstić information content (AvgIpc) is 3.22. The van der Waals surface area contributed by atoms with Gasteiger partial charge in [-0.1, -0.05) is 11.6 Å². The zero-order valence-corrected chi connectivity index (χ0v) is 18.4. The molecule has 8 nitrogen and oxygen atoms in total. The summed E-state index contributed by atoms with van der Waals surface area (Å²) in [5.74, 6) is -0.587. The molecule has 0 saturated heterocycles. The number of hydrogen-bond acceptors (Lipinski definition) is 5. The first kappa shape index (κ1) is 25.0. The number of alkyl halides is 4. The number of nitro benzene ring substituents is 1. The number of carbonyl (C=O) groups excluding carboxylic acids is 1. The lowest BCUT2D eigenvalue weighted by atomic mass is 10.2. The third-order valence-corrected chi connectivity index (χ3v) is 5.14. The number of nitrogens with one attached hydrogen (secondary N) is 1. The largest absolute Gasteiger partial charge is 0.457 e. The maximum Gasteiger partial charge on any atom is 0.282 e. The van der Waals surface area contributed by atoms with Crippen molar-refractivity contribution >= 4 is 28.9 Å². The predicted octanol–water partition coefficient (Wildman–Crippen LogP) is 6.62. The van der Waals surface area contributed by atoms with Crippen LogP contribution in [0.25, 0.3) is 0 Å². The quantitative estimate of drug-likeness (QED) is 0.213. The topological polar surface area (TPSA) is 99.3 Å². The molecule has 0 saturated carbocycles. The second-order valence-corrected chi connectivity index (χ2v) is 7.60. The van der Waals surface area contributed by atoms with Crippen LogP contribution in [0.4, 0.5) is 28.9 Å². The van der Waals surface area contributed by atoms with Gasteiger partial charge in [-0.2, -0.15) is 5.10 Å². The van der Waals surface area contributed by atoms with Crippen molar-refractivity contribution in [3.8, 4) is 11.5 Å². The molecule has 13 heteroatoms. The minimum absolute atomic E-state index is 0.00576. The zero-order chi connectivity index (χ0) is 25.2. The van der Waals surface area contributed by atoms with Gasteiger partial charge in [0.15, 0.2) is 0 Å². The molecule has 0 aliphatic heterocycles. The summed E-state index contributed by atoms with van der Waals surface area (Å²) in [4.78, 5) is 23.3. The van der Waals surface area contributed by atoms with Crippen LogP contribution in [0, 0.1) is 17.0 Å². The first-order chi connectivity index (χ1) is 16.0. The van der Waals surface area contributed by atoms with E-state index in [1.807, 2.05) is 0 Å². The zero-order valence-electron chi connectivity index (χ0n) is 17.6. The van der Waals surface area contributed by atoms with Crippen LogP contribution in [-0.2, 0) is 4.79 Å². The number of aryl methyl sites for hydroxylation is 1. The van der Waals surface area contributed by atoms with Crippen molar-refractivity contribution < 1.29 is 32.0 Å². The SMILES string of the molecule is Cc1cc(Oc2cc(NC(=O)C(C)n3nc(C(F)F)cc3C(F)F)cc([N+](=O)[O-])c2)ccc1Cl. The van der Waals surface area contributed by atoms with Gasteiger partial charge in [0.1, 0.15) is 28.9 Å². The molecule has 3 aromatic rings. The average molecular weight is 501 g/mol. The summed E-state index contributed by atoms with van der Waals surface area (Å²) in [6, 6.07) is 7.25. The Hall–Kier alpha value is -3.67. The van der Waals surface area contributed by atoms with Gasteiger partial charge >= 0.3 is 0 Å². The normalized spacial score (nSPS) is 12.1. The Balaban J connectivity index is 1.89. The maximum absolute atomic E-state index is 13.3. The maximum atomic E-state index is 13.3. The molecule has 1 heterocycles. The summed E-state index contributed by atoms with van der Waals surface area (Å²) in [5, 5.41) is 17.6. The number of hydrogen-bond donors (Lipinski definition) is 1. The monoisotopic (exact) mass is 500 g/mol. The molecule has 1 aromatic heterocycles. The molecule has 0 radical (unpaired) electrons. The van der Waals surface area contributed by atoms with E-state index in [0.717, 1.165) is 12.1 Å². The second-order valence-electron chi connectivity index (χ2n) is 7.19. The van der Waals surface area contributed by atoms with E-state index in [4.69, 9.17) is 16.3 Å². The Morgan fingerprint density at radius 2 is 1.82 bits per heavy atom. The van der Waals surface area contributed by atoms with Crippen molar-refractivity contribution in [2.24, 2.45) is 0 Å². The Labute approximate surface area is 195 Å². The number of amides is 1. The van der Waals surface area contributed by atoms with Gasteiger partial charge in [-0.05, 0) is 43.7 Å². The Bertz CT molecular complexity index is 1240. The number of nitrogens with zero attached hydrogens (tertiary/aromatic N) is 3. The van der Waals surface area contributed by atoms with Crippen LogP contribution in [0.1, 0.15) is 42.8 Å². The highest BCUT2D eigenvalue weighted by molar-refractivity contribution is 6.31. The summed E-state index contributed by atoms with van der Waals surface area (Å²) in [7, 11) is 0. The minimum Gasteiger partial charge on any atom is -0.457 e. The van der Waals surface area contributed by atoms with Gasteiger partial charge in [0.05, 0.1) is 16.7 Å². The lowest BCUT2D eigenvalue weighted by Crippen LogP contribution is -2.26. The molecule has 1 amide bonds. The minimum atomic E-state index is -3.16. The van der Waals surface area contributed by atoms with Gasteiger partial charge in [-0.3, -0.25) is 19.6 Å². The fraction of sp³-hybridized carbons (Fsp3) is 0.238. The Morgan fingerprint density at radius 1 is 1.12 bits per heavy atom. The molecule has 1 atom stereocenters. The van der Waals surface area contributed by atoms with Gasteiger partial charge < -0.3 is 10.1 Å². The molecule has 3 rings (SSSR count). The summed E-state index contributed by atoms with van der Waals surface area (Å²) < 4.78 is 58.5. The summed E-state index contributed by atoms with van der Waals surface area (Å²) in [5.41, 5.74) is -1.56. The van der Waals surface area contributed by atoms with E-state index >= 15 is 0 Å². The fourth-order valence-corrected chi connectivity index (χ4v) is 3.12. The lowest BCUT2D eigenvalue weighted by Gasteiger charge is -2.16. The number of anilines is 1. The van der Waals surface area contributed by atoms with Gasteiger partial charge in [-0.15, -0.1) is 0 Å². The van der Waals surface area contributed by atoms with E-state index in [1.165, 1.54) is 13.0 Å². The molecule has 0 aliphatic carbocycles. The van der Waals surface area contributed by atoms with Gasteiger partial charge in [0, 0.05) is 17.2 Å². The third-order valence-electron chi connectivity index (χ3n) is 4.71. The number of nitro groups is 1. The van der Waals surface area contributed by atoms with Crippen molar-refractivity contribution in [1.82, 2.24) is 9.78 Å². The van der Waals surface area contributed by atoms with Crippen LogP contribution in [0.2, 0.25) is 5.02 Å². The smallest absolute Gasteiger partial charge is 0.282 e. The molecule has 34 heavy (non-hydrogen) atoms. The van der Waals surface area contributed by atoms with E-state index in [9.17, 15) is 32.5 Å². The van der Waals surface area contributed by atoms with Crippen LogP contribution in [0.15, 0.2) is 42.5 Å². The standard InChI is InChI=1S/C21H17ClF4N4O4/c1-10-5-14(3-4-16(10)22)34-15-7-12(6-13(8-15)30(32)33)27-21(31)11(2)29-18(20(25)26)9-17(28-29)19(23)24/h3-9,11,19-20H,1-2H3,(H,27,31). The van der Waals surface area contributed by atoms with Crippen molar-refractivity contribution in [1.29, 1.82) is 0 Å². The van der Waals surface area contributed by atoms with E-state index in [2.05, 4.69) is 10.4 Å². The molecular weight excluding hydrogens is 484 g/mol. The second kappa shape index (κ2) is 10.1. The van der Waals surface area contributed by atoms with E-state index in [0.29, 0.717) is 27.1 Å².